The van der Waals surface area contributed by atoms with Crippen molar-refractivity contribution in [3.05, 3.63) is 123 Å². The number of nitriles is 1. The number of hydrogen-bond donors (Lipinski definition) is 1. The van der Waals surface area contributed by atoms with Crippen molar-refractivity contribution in [1.29, 1.82) is 5.26 Å². The third-order valence-corrected chi connectivity index (χ3v) is 5.92. The van der Waals surface area contributed by atoms with Crippen LogP contribution in [-0.4, -0.2) is 10.8 Å². The van der Waals surface area contributed by atoms with E-state index < -0.39 is 10.8 Å². The highest BCUT2D eigenvalue weighted by Crippen LogP contribution is 2.32. The van der Waals surface area contributed by atoms with Gasteiger partial charge in [-0.25, -0.2) is 0 Å². The summed E-state index contributed by atoms with van der Waals surface area (Å²) in [5.74, 6) is 0.544. The summed E-state index contributed by atoms with van der Waals surface area (Å²) in [7, 11) is 0. The van der Waals surface area contributed by atoms with Crippen LogP contribution in [0.5, 0.6) is 5.75 Å². The molecule has 8 nitrogen and oxygen atoms in total. The van der Waals surface area contributed by atoms with E-state index >= 15 is 0 Å². The standard InChI is InChI=1S/C28H23N3O5/c1-28(2,20-6-4-3-5-7-20)21-8-11-23(12-9-21)35-18-24-13-15-26(36-24)27(32)30-25-14-10-22(31(33)34)16-19(25)17-29/h3-16H,18H2,1-2H3,(H,30,32). The smallest absolute Gasteiger partial charge is 0.291 e. The second-order valence-corrected chi connectivity index (χ2v) is 8.62. The molecule has 1 N–H and O–H groups in total. The normalized spacial score (nSPS) is 10.9. The number of carbonyl (C=O) groups excluding carboxylic acids is 1. The summed E-state index contributed by atoms with van der Waals surface area (Å²) in [5, 5.41) is 22.7. The maximum Gasteiger partial charge on any atom is 0.291 e. The predicted molar refractivity (Wildman–Crippen MR) is 134 cm³/mol. The first-order valence-electron chi connectivity index (χ1n) is 11.2. The molecule has 8 heteroatoms. The molecule has 0 bridgehead atoms. The van der Waals surface area contributed by atoms with Gasteiger partial charge in [0.25, 0.3) is 11.6 Å². The van der Waals surface area contributed by atoms with Gasteiger partial charge in [0.1, 0.15) is 24.2 Å². The van der Waals surface area contributed by atoms with Crippen LogP contribution in [0.3, 0.4) is 0 Å². The molecule has 0 unspecified atom stereocenters. The van der Waals surface area contributed by atoms with Crippen molar-refractivity contribution in [3.63, 3.8) is 0 Å². The predicted octanol–water partition coefficient (Wildman–Crippen LogP) is 6.22. The van der Waals surface area contributed by atoms with Crippen LogP contribution in [0.15, 0.2) is 89.3 Å². The number of non-ortho nitro benzene ring substituents is 1. The summed E-state index contributed by atoms with van der Waals surface area (Å²) in [6.07, 6.45) is 0. The fourth-order valence-corrected chi connectivity index (χ4v) is 3.75. The Balaban J connectivity index is 1.38. The molecule has 4 rings (SSSR count). The fraction of sp³-hybridized carbons (Fsp3) is 0.143. The first kappa shape index (κ1) is 24.2. The molecule has 0 aliphatic carbocycles. The zero-order valence-corrected chi connectivity index (χ0v) is 19.7. The minimum atomic E-state index is -0.608. The van der Waals surface area contributed by atoms with Crippen LogP contribution in [0.1, 0.15) is 46.9 Å². The summed E-state index contributed by atoms with van der Waals surface area (Å²) in [5.41, 5.74) is 2.11. The van der Waals surface area contributed by atoms with E-state index in [9.17, 15) is 20.2 Å². The number of rotatable bonds is 8. The van der Waals surface area contributed by atoms with Gasteiger partial charge in [0, 0.05) is 17.5 Å². The monoisotopic (exact) mass is 481 g/mol. The minimum absolute atomic E-state index is 0.0217. The zero-order chi connectivity index (χ0) is 25.7. The van der Waals surface area contributed by atoms with Gasteiger partial charge in [-0.1, -0.05) is 56.3 Å². The molecular weight excluding hydrogens is 458 g/mol. The number of ether oxygens (including phenoxy) is 1. The number of nitrogens with one attached hydrogen (secondary N) is 1. The van der Waals surface area contributed by atoms with Crippen LogP contribution in [0, 0.1) is 21.4 Å². The molecule has 1 amide bonds. The van der Waals surface area contributed by atoms with Crippen LogP contribution >= 0.6 is 0 Å². The highest BCUT2D eigenvalue weighted by atomic mass is 16.6. The Bertz CT molecular complexity index is 1430. The van der Waals surface area contributed by atoms with E-state index in [2.05, 4.69) is 31.3 Å². The third kappa shape index (κ3) is 5.26. The average Bonchev–Trinajstić information content (AvgIpc) is 3.37. The van der Waals surface area contributed by atoms with Crippen LogP contribution in [0.2, 0.25) is 0 Å². The Hall–Kier alpha value is -4.90. The van der Waals surface area contributed by atoms with Crippen molar-refractivity contribution in [2.24, 2.45) is 0 Å². The van der Waals surface area contributed by atoms with Crippen molar-refractivity contribution < 1.29 is 18.9 Å². The second kappa shape index (κ2) is 10.2. The van der Waals surface area contributed by atoms with E-state index in [1.54, 1.807) is 6.07 Å². The number of nitro groups is 1. The highest BCUT2D eigenvalue weighted by molar-refractivity contribution is 6.03. The van der Waals surface area contributed by atoms with E-state index in [-0.39, 0.29) is 34.7 Å². The Morgan fingerprint density at radius 3 is 2.39 bits per heavy atom. The Morgan fingerprint density at radius 1 is 1.03 bits per heavy atom. The molecule has 4 aromatic rings. The number of amides is 1. The number of carbonyl (C=O) groups is 1. The lowest BCUT2D eigenvalue weighted by Crippen LogP contribution is -2.18. The molecular formula is C28H23N3O5. The number of nitro benzene ring substituents is 1. The Labute approximate surface area is 207 Å². The van der Waals surface area contributed by atoms with Gasteiger partial charge in [0.15, 0.2) is 5.76 Å². The van der Waals surface area contributed by atoms with Gasteiger partial charge in [-0.15, -0.1) is 0 Å². The third-order valence-electron chi connectivity index (χ3n) is 5.92. The average molecular weight is 482 g/mol. The molecule has 3 aromatic carbocycles. The van der Waals surface area contributed by atoms with Crippen molar-refractivity contribution in [3.8, 4) is 11.8 Å². The van der Waals surface area contributed by atoms with Crippen molar-refractivity contribution in [2.45, 2.75) is 25.9 Å². The molecule has 0 atom stereocenters. The van der Waals surface area contributed by atoms with E-state index in [4.69, 9.17) is 9.15 Å². The van der Waals surface area contributed by atoms with Crippen LogP contribution in [0.25, 0.3) is 0 Å². The quantitative estimate of drug-likeness (QED) is 0.236. The van der Waals surface area contributed by atoms with Gasteiger partial charge in [-0.2, -0.15) is 5.26 Å². The molecule has 0 spiro atoms. The largest absolute Gasteiger partial charge is 0.486 e. The Kier molecular flexibility index (Phi) is 6.84. The molecule has 180 valence electrons. The Morgan fingerprint density at radius 2 is 1.72 bits per heavy atom. The number of furan rings is 1. The minimum Gasteiger partial charge on any atom is -0.486 e. The number of hydrogen-bond acceptors (Lipinski definition) is 6. The highest BCUT2D eigenvalue weighted by Gasteiger charge is 2.22. The number of nitrogens with zero attached hydrogens (tertiary/aromatic N) is 2. The van der Waals surface area contributed by atoms with Gasteiger partial charge < -0.3 is 14.5 Å². The first-order valence-corrected chi connectivity index (χ1v) is 11.2. The summed E-state index contributed by atoms with van der Waals surface area (Å²) in [4.78, 5) is 22.8. The van der Waals surface area contributed by atoms with Gasteiger partial charge >= 0.3 is 0 Å². The molecule has 1 heterocycles. The van der Waals surface area contributed by atoms with Crippen LogP contribution in [-0.2, 0) is 12.0 Å². The molecule has 0 aliphatic heterocycles. The SMILES string of the molecule is CC(C)(c1ccccc1)c1ccc(OCc2ccc(C(=O)Nc3ccc([N+](=O)[O-])cc3C#N)o2)cc1. The molecule has 0 fully saturated rings. The van der Waals surface area contributed by atoms with Gasteiger partial charge in [0.05, 0.1) is 16.2 Å². The van der Waals surface area contributed by atoms with Crippen molar-refractivity contribution in [1.82, 2.24) is 0 Å². The van der Waals surface area contributed by atoms with E-state index in [1.165, 1.54) is 23.8 Å². The lowest BCUT2D eigenvalue weighted by molar-refractivity contribution is -0.384. The fourth-order valence-electron chi connectivity index (χ4n) is 3.75. The summed E-state index contributed by atoms with van der Waals surface area (Å²) in [6, 6.07) is 26.7. The molecule has 0 saturated carbocycles. The molecule has 0 saturated heterocycles. The summed E-state index contributed by atoms with van der Waals surface area (Å²) in [6.45, 7) is 4.46. The second-order valence-electron chi connectivity index (χ2n) is 8.62. The lowest BCUT2D eigenvalue weighted by Gasteiger charge is -2.26. The van der Waals surface area contributed by atoms with E-state index in [0.717, 1.165) is 11.6 Å². The maximum absolute atomic E-state index is 12.5. The summed E-state index contributed by atoms with van der Waals surface area (Å²) >= 11 is 0. The maximum atomic E-state index is 12.5. The molecule has 1 aromatic heterocycles. The van der Waals surface area contributed by atoms with Gasteiger partial charge in [-0.3, -0.25) is 14.9 Å². The lowest BCUT2D eigenvalue weighted by atomic mass is 9.78. The van der Waals surface area contributed by atoms with Crippen molar-refractivity contribution >= 4 is 17.3 Å². The topological polar surface area (TPSA) is 118 Å². The van der Waals surface area contributed by atoms with Gasteiger partial charge in [-0.05, 0) is 41.5 Å². The van der Waals surface area contributed by atoms with Crippen molar-refractivity contribution in [2.75, 3.05) is 5.32 Å². The number of anilines is 1. The number of benzene rings is 3. The first-order chi connectivity index (χ1) is 17.3. The molecule has 0 aliphatic rings. The van der Waals surface area contributed by atoms with E-state index in [0.29, 0.717) is 11.5 Å². The van der Waals surface area contributed by atoms with Gasteiger partial charge in [0.2, 0.25) is 0 Å². The molecule has 36 heavy (non-hydrogen) atoms. The zero-order valence-electron chi connectivity index (χ0n) is 19.7. The summed E-state index contributed by atoms with van der Waals surface area (Å²) < 4.78 is 11.4. The van der Waals surface area contributed by atoms with E-state index in [1.807, 2.05) is 48.5 Å². The van der Waals surface area contributed by atoms with Crippen LogP contribution in [0.4, 0.5) is 11.4 Å². The molecule has 0 radical (unpaired) electrons. The van der Waals surface area contributed by atoms with Crippen LogP contribution < -0.4 is 10.1 Å².